The smallest absolute Gasteiger partial charge is 0.104 e. The Kier molecular flexibility index (Phi) is 4.64. The maximum absolute atomic E-state index is 6.21. The number of ether oxygens (including phenoxy) is 2. The second-order valence-electron chi connectivity index (χ2n) is 6.72. The summed E-state index contributed by atoms with van der Waals surface area (Å²) in [4.78, 5) is 4.67. The van der Waals surface area contributed by atoms with Gasteiger partial charge in [0.25, 0.3) is 0 Å². The van der Waals surface area contributed by atoms with Crippen molar-refractivity contribution in [2.75, 3.05) is 53.6 Å². The van der Waals surface area contributed by atoms with Gasteiger partial charge in [0.2, 0.25) is 0 Å². The first-order valence-electron chi connectivity index (χ1n) is 7.75. The van der Waals surface area contributed by atoms with E-state index in [2.05, 4.69) is 23.9 Å². The van der Waals surface area contributed by atoms with E-state index < -0.39 is 0 Å². The second kappa shape index (κ2) is 6.48. The average Bonchev–Trinajstić information content (AvgIpc) is 3.00. The van der Waals surface area contributed by atoms with E-state index in [0.29, 0.717) is 5.92 Å². The highest BCUT2D eigenvalue weighted by Crippen LogP contribution is 2.33. The predicted octanol–water partition coefficient (Wildman–Crippen LogP) is 1.45. The number of nitrogens with zero attached hydrogens (tertiary/aromatic N) is 2. The molecule has 21 heavy (non-hydrogen) atoms. The molecule has 0 bridgehead atoms. The zero-order valence-corrected chi connectivity index (χ0v) is 13.1. The van der Waals surface area contributed by atoms with Gasteiger partial charge < -0.3 is 18.8 Å². The number of hydrogen-bond acceptors (Lipinski definition) is 5. The summed E-state index contributed by atoms with van der Waals surface area (Å²) in [6, 6.07) is 2.03. The topological polar surface area (TPSA) is 38.1 Å². The first kappa shape index (κ1) is 15.0. The van der Waals surface area contributed by atoms with Crippen LogP contribution in [0.25, 0.3) is 0 Å². The first-order valence-corrected chi connectivity index (χ1v) is 7.75. The lowest BCUT2D eigenvalue weighted by Gasteiger charge is -2.31. The number of furan rings is 1. The van der Waals surface area contributed by atoms with E-state index in [4.69, 9.17) is 13.9 Å². The Hall–Kier alpha value is -0.880. The molecule has 5 nitrogen and oxygen atoms in total. The van der Waals surface area contributed by atoms with Gasteiger partial charge in [0.15, 0.2) is 0 Å². The molecule has 3 rings (SSSR count). The van der Waals surface area contributed by atoms with Crippen molar-refractivity contribution in [3.8, 4) is 0 Å². The Labute approximate surface area is 126 Å². The molecule has 1 spiro atoms. The van der Waals surface area contributed by atoms with Crippen LogP contribution in [-0.4, -0.2) is 69.0 Å². The number of rotatable bonds is 4. The predicted molar refractivity (Wildman–Crippen MR) is 80.1 cm³/mol. The van der Waals surface area contributed by atoms with Crippen LogP contribution in [0.5, 0.6) is 0 Å². The van der Waals surface area contributed by atoms with Crippen LogP contribution >= 0.6 is 0 Å². The summed E-state index contributed by atoms with van der Waals surface area (Å²) in [5, 5.41) is 0. The van der Waals surface area contributed by atoms with E-state index in [9.17, 15) is 0 Å². The minimum absolute atomic E-state index is 0.124. The van der Waals surface area contributed by atoms with E-state index in [1.54, 1.807) is 6.26 Å². The molecule has 118 valence electrons. The Morgan fingerprint density at radius 1 is 1.43 bits per heavy atom. The monoisotopic (exact) mass is 294 g/mol. The van der Waals surface area contributed by atoms with Crippen LogP contribution < -0.4 is 0 Å². The van der Waals surface area contributed by atoms with Gasteiger partial charge in [0.1, 0.15) is 5.60 Å². The van der Waals surface area contributed by atoms with Crippen molar-refractivity contribution in [1.29, 1.82) is 0 Å². The fourth-order valence-electron chi connectivity index (χ4n) is 3.54. The summed E-state index contributed by atoms with van der Waals surface area (Å²) in [5.41, 5.74) is 1.09. The van der Waals surface area contributed by atoms with Crippen molar-refractivity contribution < 1.29 is 13.9 Å². The Balaban J connectivity index is 1.62. The molecule has 0 radical (unpaired) electrons. The van der Waals surface area contributed by atoms with Gasteiger partial charge in [-0.05, 0) is 32.5 Å². The molecular formula is C16H26N2O3. The van der Waals surface area contributed by atoms with Gasteiger partial charge in [-0.2, -0.15) is 0 Å². The highest BCUT2D eigenvalue weighted by molar-refractivity contribution is 5.06. The molecule has 0 aromatic carbocycles. The zero-order chi connectivity index (χ0) is 14.7. The van der Waals surface area contributed by atoms with Gasteiger partial charge in [-0.3, -0.25) is 4.90 Å². The van der Waals surface area contributed by atoms with Crippen molar-refractivity contribution in [2.45, 2.75) is 18.6 Å². The minimum Gasteiger partial charge on any atom is -0.472 e. The third-order valence-corrected chi connectivity index (χ3v) is 4.32. The summed E-state index contributed by atoms with van der Waals surface area (Å²) in [5.74, 6) is 0.609. The quantitative estimate of drug-likeness (QED) is 0.840. The third-order valence-electron chi connectivity index (χ3n) is 4.32. The van der Waals surface area contributed by atoms with E-state index in [0.717, 1.165) is 52.4 Å². The second-order valence-corrected chi connectivity index (χ2v) is 6.72. The summed E-state index contributed by atoms with van der Waals surface area (Å²) in [7, 11) is 4.25. The largest absolute Gasteiger partial charge is 0.472 e. The van der Waals surface area contributed by atoms with Gasteiger partial charge in [0.05, 0.1) is 32.3 Å². The first-order chi connectivity index (χ1) is 10.2. The summed E-state index contributed by atoms with van der Waals surface area (Å²) >= 11 is 0. The lowest BCUT2D eigenvalue weighted by Crippen LogP contribution is -2.44. The Morgan fingerprint density at radius 2 is 2.33 bits per heavy atom. The normalized spacial score (nSPS) is 31.1. The van der Waals surface area contributed by atoms with Crippen LogP contribution in [0, 0.1) is 5.92 Å². The molecule has 0 unspecified atom stereocenters. The molecule has 2 atom stereocenters. The van der Waals surface area contributed by atoms with Gasteiger partial charge >= 0.3 is 0 Å². The van der Waals surface area contributed by atoms with Crippen molar-refractivity contribution in [2.24, 2.45) is 5.92 Å². The van der Waals surface area contributed by atoms with Gasteiger partial charge in [-0.15, -0.1) is 0 Å². The average molecular weight is 294 g/mol. The van der Waals surface area contributed by atoms with Gasteiger partial charge in [-0.25, -0.2) is 0 Å². The van der Waals surface area contributed by atoms with Crippen LogP contribution in [-0.2, 0) is 16.0 Å². The highest BCUT2D eigenvalue weighted by atomic mass is 16.5. The third kappa shape index (κ3) is 3.86. The van der Waals surface area contributed by atoms with Crippen molar-refractivity contribution in [3.05, 3.63) is 24.2 Å². The summed E-state index contributed by atoms with van der Waals surface area (Å²) < 4.78 is 17.2. The van der Waals surface area contributed by atoms with E-state index >= 15 is 0 Å². The molecular weight excluding hydrogens is 268 g/mol. The van der Waals surface area contributed by atoms with E-state index in [1.807, 2.05) is 12.3 Å². The molecule has 2 aliphatic rings. The van der Waals surface area contributed by atoms with Crippen molar-refractivity contribution >= 4 is 0 Å². The maximum Gasteiger partial charge on any atom is 0.104 e. The van der Waals surface area contributed by atoms with Gasteiger partial charge in [0, 0.05) is 31.7 Å². The molecule has 0 amide bonds. The summed E-state index contributed by atoms with van der Waals surface area (Å²) in [6.07, 6.45) is 4.65. The SMILES string of the molecule is CN(C)C[C@@H]1CO[C@@]2(COCCN(Cc3ccoc3)C2)C1. The molecule has 1 aromatic heterocycles. The Bertz CT molecular complexity index is 435. The molecule has 5 heteroatoms. The van der Waals surface area contributed by atoms with Crippen LogP contribution in [0.1, 0.15) is 12.0 Å². The molecule has 1 aromatic rings. The fraction of sp³-hybridized carbons (Fsp3) is 0.750. The lowest BCUT2D eigenvalue weighted by atomic mass is 9.94. The lowest BCUT2D eigenvalue weighted by molar-refractivity contribution is -0.0563. The van der Waals surface area contributed by atoms with Crippen LogP contribution in [0.4, 0.5) is 0 Å². The molecule has 2 fully saturated rings. The van der Waals surface area contributed by atoms with Crippen molar-refractivity contribution in [1.82, 2.24) is 9.80 Å². The number of hydrogen-bond donors (Lipinski definition) is 0. The van der Waals surface area contributed by atoms with Crippen LogP contribution in [0.15, 0.2) is 23.0 Å². The molecule has 0 aliphatic carbocycles. The van der Waals surface area contributed by atoms with Gasteiger partial charge in [-0.1, -0.05) is 0 Å². The summed E-state index contributed by atoms with van der Waals surface area (Å²) in [6.45, 7) is 6.24. The standard InChI is InChI=1S/C16H26N2O3/c1-17(2)8-15-7-16(21-11-15)12-18(4-6-20-13-16)9-14-3-5-19-10-14/h3,5,10,15H,4,6-9,11-13H2,1-2H3/t15-,16+/m1/s1. The molecule has 0 saturated carbocycles. The molecule has 0 N–H and O–H groups in total. The van der Waals surface area contributed by atoms with Crippen LogP contribution in [0.2, 0.25) is 0 Å². The highest BCUT2D eigenvalue weighted by Gasteiger charge is 2.43. The van der Waals surface area contributed by atoms with Crippen LogP contribution in [0.3, 0.4) is 0 Å². The maximum atomic E-state index is 6.21. The van der Waals surface area contributed by atoms with E-state index in [-0.39, 0.29) is 5.60 Å². The minimum atomic E-state index is -0.124. The molecule has 2 saturated heterocycles. The van der Waals surface area contributed by atoms with E-state index in [1.165, 1.54) is 5.56 Å². The van der Waals surface area contributed by atoms with Crippen molar-refractivity contribution in [3.63, 3.8) is 0 Å². The zero-order valence-electron chi connectivity index (χ0n) is 13.1. The molecule has 2 aliphatic heterocycles. The fourth-order valence-corrected chi connectivity index (χ4v) is 3.54. The Morgan fingerprint density at radius 3 is 3.10 bits per heavy atom. The molecule has 3 heterocycles.